The second kappa shape index (κ2) is 11.2. The first-order chi connectivity index (χ1) is 17.3. The highest BCUT2D eigenvalue weighted by atomic mass is 32.2. The Balaban J connectivity index is 1.73. The zero-order valence-corrected chi connectivity index (χ0v) is 22.0. The highest BCUT2D eigenvalue weighted by Crippen LogP contribution is 2.25. The second-order valence-corrected chi connectivity index (χ2v) is 10.4. The Morgan fingerprint density at radius 1 is 1.14 bits per heavy atom. The number of H-pyrrole nitrogens is 1. The molecule has 1 atom stereocenters. The van der Waals surface area contributed by atoms with Crippen LogP contribution in [-0.2, 0) is 32.5 Å². The fraction of sp³-hybridized carbons (Fsp3) is 0.636. The lowest BCUT2D eigenvalue weighted by Crippen LogP contribution is -2.49. The summed E-state index contributed by atoms with van der Waals surface area (Å²) in [5, 5.41) is 4.42. The number of fused-ring (bicyclic) bond motifs is 1. The number of piperazine rings is 1. The molecule has 1 N–H and O–H groups in total. The lowest BCUT2D eigenvalue weighted by Gasteiger charge is -2.34. The van der Waals surface area contributed by atoms with Gasteiger partial charge in [0, 0.05) is 52.3 Å². The summed E-state index contributed by atoms with van der Waals surface area (Å²) < 4.78 is 40.9. The Morgan fingerprint density at radius 3 is 2.53 bits per heavy atom. The average Bonchev–Trinajstić information content (AvgIpc) is 3.25. The maximum Gasteiger partial charge on any atom is 0.280 e. The normalized spacial score (nSPS) is 19.8. The van der Waals surface area contributed by atoms with Gasteiger partial charge in [-0.05, 0) is 19.9 Å². The van der Waals surface area contributed by atoms with E-state index in [1.165, 1.54) is 21.6 Å². The highest BCUT2D eigenvalue weighted by molar-refractivity contribution is 7.93. The third-order valence-corrected chi connectivity index (χ3v) is 8.19. The SMILES string of the molecule is CCOC1N=CC(S(=O)(=O)N2CCN(CC)CC2)=CN1c1nc2c(CC)n(CCOC)nc2c(=O)[nH]1. The Bertz CT molecular complexity index is 1290. The molecular formula is C22H34N8O5S. The van der Waals surface area contributed by atoms with Crippen molar-refractivity contribution >= 4 is 33.2 Å². The number of likely N-dealkylation sites (N-methyl/N-ethyl adjacent to an activating group) is 1. The number of aromatic nitrogens is 4. The zero-order chi connectivity index (χ0) is 25.9. The Hall–Kier alpha value is -2.65. The number of ether oxygens (including phenoxy) is 2. The van der Waals surface area contributed by atoms with Crippen LogP contribution in [0.25, 0.3) is 11.0 Å². The molecule has 4 rings (SSSR count). The molecular weight excluding hydrogens is 488 g/mol. The van der Waals surface area contributed by atoms with Gasteiger partial charge in [-0.2, -0.15) is 9.40 Å². The first-order valence-corrected chi connectivity index (χ1v) is 13.6. The Kier molecular flexibility index (Phi) is 8.20. The quantitative estimate of drug-likeness (QED) is 0.468. The Labute approximate surface area is 210 Å². The summed E-state index contributed by atoms with van der Waals surface area (Å²) in [4.78, 5) is 28.4. The number of methoxy groups -OCH3 is 1. The molecule has 2 aliphatic rings. The molecule has 13 nitrogen and oxygen atoms in total. The summed E-state index contributed by atoms with van der Waals surface area (Å²) in [5.41, 5.74) is 1.02. The Morgan fingerprint density at radius 2 is 1.89 bits per heavy atom. The average molecular weight is 523 g/mol. The van der Waals surface area contributed by atoms with Crippen molar-refractivity contribution in [1.29, 1.82) is 0 Å². The van der Waals surface area contributed by atoms with Gasteiger partial charge in [0.05, 0.1) is 18.8 Å². The van der Waals surface area contributed by atoms with Gasteiger partial charge in [-0.3, -0.25) is 19.4 Å². The predicted molar refractivity (Wildman–Crippen MR) is 136 cm³/mol. The first kappa shape index (κ1) is 26.4. The van der Waals surface area contributed by atoms with E-state index < -0.39 is 21.9 Å². The number of hydrogen-bond donors (Lipinski definition) is 1. The lowest BCUT2D eigenvalue weighted by molar-refractivity contribution is 0.0720. The van der Waals surface area contributed by atoms with Gasteiger partial charge in [0.2, 0.25) is 22.3 Å². The standard InChI is InChI=1S/C22H34N8O5S/c1-5-17-18-19(26-30(17)12-13-34-4)20(31)25-21(24-18)29-15-16(14-23-22(29)35-7-3)36(32,33)28-10-8-27(6-2)9-11-28/h14-15,22H,5-13H2,1-4H3,(H,24,25,31). The molecule has 14 heteroatoms. The molecule has 1 fully saturated rings. The maximum atomic E-state index is 13.4. The third kappa shape index (κ3) is 5.09. The molecule has 2 aliphatic heterocycles. The van der Waals surface area contributed by atoms with Crippen LogP contribution in [-0.4, -0.2) is 103 Å². The number of rotatable bonds is 10. The molecule has 4 heterocycles. The van der Waals surface area contributed by atoms with Crippen molar-refractivity contribution in [1.82, 2.24) is 29.0 Å². The molecule has 36 heavy (non-hydrogen) atoms. The van der Waals surface area contributed by atoms with Crippen molar-refractivity contribution < 1.29 is 17.9 Å². The number of nitrogens with one attached hydrogen (secondary N) is 1. The molecule has 0 aromatic carbocycles. The van der Waals surface area contributed by atoms with Crippen molar-refractivity contribution in [2.24, 2.45) is 4.99 Å². The van der Waals surface area contributed by atoms with Gasteiger partial charge >= 0.3 is 0 Å². The van der Waals surface area contributed by atoms with Gasteiger partial charge < -0.3 is 14.4 Å². The number of anilines is 1. The van der Waals surface area contributed by atoms with E-state index in [0.29, 0.717) is 57.9 Å². The van der Waals surface area contributed by atoms with E-state index in [1.807, 2.05) is 13.8 Å². The lowest BCUT2D eigenvalue weighted by atomic mass is 10.3. The van der Waals surface area contributed by atoms with Crippen LogP contribution in [0.2, 0.25) is 0 Å². The van der Waals surface area contributed by atoms with Crippen LogP contribution in [0.3, 0.4) is 0 Å². The van der Waals surface area contributed by atoms with E-state index in [1.54, 1.807) is 11.8 Å². The van der Waals surface area contributed by atoms with Crippen LogP contribution in [0.5, 0.6) is 0 Å². The monoisotopic (exact) mass is 522 g/mol. The highest BCUT2D eigenvalue weighted by Gasteiger charge is 2.33. The van der Waals surface area contributed by atoms with E-state index in [0.717, 1.165) is 12.2 Å². The minimum absolute atomic E-state index is 0.0117. The number of nitrogens with zero attached hydrogens (tertiary/aromatic N) is 7. The number of allylic oxidation sites excluding steroid dienone is 1. The molecule has 0 spiro atoms. The van der Waals surface area contributed by atoms with E-state index in [-0.39, 0.29) is 16.4 Å². The van der Waals surface area contributed by atoms with Crippen LogP contribution < -0.4 is 10.5 Å². The van der Waals surface area contributed by atoms with Crippen LogP contribution in [0, 0.1) is 0 Å². The van der Waals surface area contributed by atoms with Gasteiger partial charge in [0.1, 0.15) is 10.4 Å². The minimum atomic E-state index is -3.80. The number of hydrogen-bond acceptors (Lipinski definition) is 10. The summed E-state index contributed by atoms with van der Waals surface area (Å²) in [6.45, 7) is 10.1. The van der Waals surface area contributed by atoms with Crippen molar-refractivity contribution in [3.63, 3.8) is 0 Å². The van der Waals surface area contributed by atoms with E-state index in [9.17, 15) is 13.2 Å². The third-order valence-electron chi connectivity index (χ3n) is 6.34. The van der Waals surface area contributed by atoms with E-state index in [2.05, 4.69) is 31.9 Å². The van der Waals surface area contributed by atoms with Crippen molar-refractivity contribution in [2.45, 2.75) is 40.1 Å². The fourth-order valence-electron chi connectivity index (χ4n) is 4.34. The summed E-state index contributed by atoms with van der Waals surface area (Å²) in [6, 6.07) is 0. The minimum Gasteiger partial charge on any atom is -0.383 e. The van der Waals surface area contributed by atoms with Crippen LogP contribution in [0.1, 0.15) is 26.5 Å². The van der Waals surface area contributed by atoms with Gasteiger partial charge in [0.15, 0.2) is 5.52 Å². The van der Waals surface area contributed by atoms with Gasteiger partial charge in [-0.25, -0.2) is 18.4 Å². The molecule has 1 saturated heterocycles. The summed E-state index contributed by atoms with van der Waals surface area (Å²) in [6.07, 6.45) is 2.47. The smallest absolute Gasteiger partial charge is 0.280 e. The molecule has 198 valence electrons. The van der Waals surface area contributed by atoms with Gasteiger partial charge in [-0.15, -0.1) is 0 Å². The molecule has 2 aromatic heterocycles. The van der Waals surface area contributed by atoms with Crippen molar-refractivity contribution in [3.8, 4) is 0 Å². The number of aliphatic imine (C=N–C) groups is 1. The largest absolute Gasteiger partial charge is 0.383 e. The summed E-state index contributed by atoms with van der Waals surface area (Å²) in [5.74, 6) is 0.132. The molecule has 0 bridgehead atoms. The summed E-state index contributed by atoms with van der Waals surface area (Å²) >= 11 is 0. The van der Waals surface area contributed by atoms with Crippen molar-refractivity contribution in [3.05, 3.63) is 27.2 Å². The number of aromatic amines is 1. The van der Waals surface area contributed by atoms with Gasteiger partial charge in [-0.1, -0.05) is 13.8 Å². The summed E-state index contributed by atoms with van der Waals surface area (Å²) in [7, 11) is -2.19. The van der Waals surface area contributed by atoms with Gasteiger partial charge in [0.25, 0.3) is 5.56 Å². The molecule has 0 radical (unpaired) electrons. The first-order valence-electron chi connectivity index (χ1n) is 12.2. The fourth-order valence-corrected chi connectivity index (χ4v) is 5.72. The number of aryl methyl sites for hydroxylation is 1. The van der Waals surface area contributed by atoms with E-state index in [4.69, 9.17) is 9.47 Å². The molecule has 0 saturated carbocycles. The van der Waals surface area contributed by atoms with Crippen LogP contribution in [0.15, 0.2) is 20.9 Å². The molecule has 0 aliphatic carbocycles. The predicted octanol–water partition coefficient (Wildman–Crippen LogP) is 0.348. The van der Waals surface area contributed by atoms with Crippen LogP contribution >= 0.6 is 0 Å². The molecule has 2 aromatic rings. The zero-order valence-electron chi connectivity index (χ0n) is 21.2. The molecule has 1 unspecified atom stereocenters. The maximum absolute atomic E-state index is 13.4. The van der Waals surface area contributed by atoms with Crippen LogP contribution in [0.4, 0.5) is 5.95 Å². The van der Waals surface area contributed by atoms with E-state index >= 15 is 0 Å². The molecule has 0 amide bonds. The van der Waals surface area contributed by atoms with Crippen molar-refractivity contribution in [2.75, 3.05) is 57.9 Å². The topological polar surface area (TPSA) is 138 Å². The second-order valence-electron chi connectivity index (χ2n) is 8.44. The number of sulfonamides is 1.